The average molecular weight is 407 g/mol. The molecule has 30 heavy (non-hydrogen) atoms. The van der Waals surface area contributed by atoms with Crippen LogP contribution >= 0.6 is 0 Å². The Balaban J connectivity index is 1.22. The highest BCUT2D eigenvalue weighted by Crippen LogP contribution is 2.18. The molecule has 2 fully saturated rings. The molecule has 5 nitrogen and oxygen atoms in total. The molecule has 0 saturated carbocycles. The number of amides is 1. The highest BCUT2D eigenvalue weighted by Gasteiger charge is 2.24. The van der Waals surface area contributed by atoms with E-state index in [1.807, 2.05) is 0 Å². The van der Waals surface area contributed by atoms with Crippen LogP contribution in [0.25, 0.3) is 0 Å². The van der Waals surface area contributed by atoms with Crippen LogP contribution in [-0.2, 0) is 11.3 Å². The van der Waals surface area contributed by atoms with E-state index in [4.69, 9.17) is 0 Å². The molecule has 0 unspecified atom stereocenters. The van der Waals surface area contributed by atoms with Crippen molar-refractivity contribution in [2.75, 3.05) is 63.8 Å². The minimum Gasteiger partial charge on any atom is -0.368 e. The van der Waals surface area contributed by atoms with Crippen molar-refractivity contribution in [3.05, 3.63) is 65.7 Å². The van der Waals surface area contributed by atoms with E-state index in [0.29, 0.717) is 6.54 Å². The molecule has 2 saturated heterocycles. The average Bonchev–Trinajstić information content (AvgIpc) is 2.99. The number of hydrogen-bond donors (Lipinski definition) is 0. The van der Waals surface area contributed by atoms with Gasteiger partial charge in [0.2, 0.25) is 5.91 Å². The first-order valence-electron chi connectivity index (χ1n) is 11.3. The van der Waals surface area contributed by atoms with Crippen LogP contribution in [0.1, 0.15) is 17.5 Å². The number of anilines is 1. The van der Waals surface area contributed by atoms with Gasteiger partial charge in [0.15, 0.2) is 0 Å². The topological polar surface area (TPSA) is 30.0 Å². The summed E-state index contributed by atoms with van der Waals surface area (Å²) in [5.74, 6) is 0.287. The van der Waals surface area contributed by atoms with E-state index >= 15 is 0 Å². The van der Waals surface area contributed by atoms with Gasteiger partial charge >= 0.3 is 0 Å². The number of carbonyl (C=O) groups is 1. The molecule has 1 amide bonds. The summed E-state index contributed by atoms with van der Waals surface area (Å²) in [6.07, 6.45) is 1.13. The van der Waals surface area contributed by atoms with Gasteiger partial charge in [0.05, 0.1) is 6.54 Å². The number of nitrogens with zero attached hydrogens (tertiary/aromatic N) is 4. The standard InChI is InChI=1S/C25H34N4O/c1-22-7-5-10-24(19-22)28-15-17-29(18-16-28)25(30)21-27-12-6-11-26(13-14-27)20-23-8-3-2-4-9-23/h2-5,7-10,19H,6,11-18,20-21H2,1H3. The fourth-order valence-corrected chi connectivity index (χ4v) is 4.51. The zero-order chi connectivity index (χ0) is 20.8. The van der Waals surface area contributed by atoms with Crippen molar-refractivity contribution in [1.82, 2.24) is 14.7 Å². The van der Waals surface area contributed by atoms with Crippen molar-refractivity contribution in [2.45, 2.75) is 19.9 Å². The molecule has 160 valence electrons. The molecule has 5 heteroatoms. The minimum absolute atomic E-state index is 0.287. The quantitative estimate of drug-likeness (QED) is 0.764. The van der Waals surface area contributed by atoms with Gasteiger partial charge < -0.3 is 9.80 Å². The van der Waals surface area contributed by atoms with Crippen molar-refractivity contribution >= 4 is 11.6 Å². The minimum atomic E-state index is 0.287. The van der Waals surface area contributed by atoms with Crippen LogP contribution in [0.15, 0.2) is 54.6 Å². The smallest absolute Gasteiger partial charge is 0.236 e. The number of aryl methyl sites for hydroxylation is 1. The van der Waals surface area contributed by atoms with Crippen molar-refractivity contribution in [3.63, 3.8) is 0 Å². The van der Waals surface area contributed by atoms with Gasteiger partial charge in [0.25, 0.3) is 0 Å². The largest absolute Gasteiger partial charge is 0.368 e. The van der Waals surface area contributed by atoms with Crippen molar-refractivity contribution in [3.8, 4) is 0 Å². The summed E-state index contributed by atoms with van der Waals surface area (Å²) in [4.78, 5) is 22.2. The Kier molecular flexibility index (Phi) is 7.03. The fraction of sp³-hybridized carbons (Fsp3) is 0.480. The second kappa shape index (κ2) is 10.1. The molecule has 0 aliphatic carbocycles. The molecule has 0 aromatic heterocycles. The molecule has 2 aromatic carbocycles. The Morgan fingerprint density at radius 2 is 1.53 bits per heavy atom. The molecule has 0 bridgehead atoms. The zero-order valence-electron chi connectivity index (χ0n) is 18.2. The lowest BCUT2D eigenvalue weighted by atomic mass is 10.2. The first-order chi connectivity index (χ1) is 14.7. The molecule has 2 aromatic rings. The first kappa shape index (κ1) is 20.9. The van der Waals surface area contributed by atoms with E-state index < -0.39 is 0 Å². The Labute approximate surface area is 180 Å². The Morgan fingerprint density at radius 1 is 0.800 bits per heavy atom. The predicted molar refractivity (Wildman–Crippen MR) is 123 cm³/mol. The summed E-state index contributed by atoms with van der Waals surface area (Å²) in [6.45, 7) is 11.3. The molecule has 2 aliphatic rings. The zero-order valence-corrected chi connectivity index (χ0v) is 18.2. The SMILES string of the molecule is Cc1cccc(N2CCN(C(=O)CN3CCCN(Cc4ccccc4)CC3)CC2)c1. The highest BCUT2D eigenvalue weighted by molar-refractivity contribution is 5.78. The van der Waals surface area contributed by atoms with Gasteiger partial charge in [-0.2, -0.15) is 0 Å². The summed E-state index contributed by atoms with van der Waals surface area (Å²) in [5.41, 5.74) is 3.93. The molecule has 2 aliphatic heterocycles. The fourth-order valence-electron chi connectivity index (χ4n) is 4.51. The van der Waals surface area contributed by atoms with Crippen LogP contribution in [0.3, 0.4) is 0 Å². The van der Waals surface area contributed by atoms with Crippen LogP contribution in [0.2, 0.25) is 0 Å². The summed E-state index contributed by atoms with van der Waals surface area (Å²) in [6, 6.07) is 19.3. The third kappa shape index (κ3) is 5.61. The van der Waals surface area contributed by atoms with Gasteiger partial charge in [-0.1, -0.05) is 42.5 Å². The van der Waals surface area contributed by atoms with Crippen LogP contribution in [0.5, 0.6) is 0 Å². The molecular formula is C25H34N4O. The third-order valence-corrected chi connectivity index (χ3v) is 6.29. The van der Waals surface area contributed by atoms with Gasteiger partial charge in [-0.25, -0.2) is 0 Å². The maximum Gasteiger partial charge on any atom is 0.236 e. The maximum atomic E-state index is 12.9. The number of rotatable bonds is 5. The van der Waals surface area contributed by atoms with Gasteiger partial charge in [0, 0.05) is 51.5 Å². The summed E-state index contributed by atoms with van der Waals surface area (Å²) < 4.78 is 0. The van der Waals surface area contributed by atoms with Gasteiger partial charge in [-0.15, -0.1) is 0 Å². The normalized spacial score (nSPS) is 19.0. The number of benzene rings is 2. The summed E-state index contributed by atoms with van der Waals surface area (Å²) >= 11 is 0. The van der Waals surface area contributed by atoms with Crippen molar-refractivity contribution in [2.24, 2.45) is 0 Å². The second-order valence-corrected chi connectivity index (χ2v) is 8.60. The van der Waals surface area contributed by atoms with Crippen LogP contribution < -0.4 is 4.90 Å². The number of carbonyl (C=O) groups excluding carboxylic acids is 1. The van der Waals surface area contributed by atoms with E-state index in [2.05, 4.69) is 81.1 Å². The third-order valence-electron chi connectivity index (χ3n) is 6.29. The molecule has 0 atom stereocenters. The van der Waals surface area contributed by atoms with E-state index in [9.17, 15) is 4.79 Å². The first-order valence-corrected chi connectivity index (χ1v) is 11.3. The van der Waals surface area contributed by atoms with E-state index in [0.717, 1.165) is 65.3 Å². The van der Waals surface area contributed by atoms with Crippen LogP contribution in [0, 0.1) is 6.92 Å². The van der Waals surface area contributed by atoms with Gasteiger partial charge in [0.1, 0.15) is 0 Å². The van der Waals surface area contributed by atoms with Crippen LogP contribution in [-0.4, -0.2) is 79.5 Å². The molecule has 0 radical (unpaired) electrons. The predicted octanol–water partition coefficient (Wildman–Crippen LogP) is 2.85. The number of piperazine rings is 1. The van der Waals surface area contributed by atoms with E-state index in [1.54, 1.807) is 0 Å². The molecule has 0 N–H and O–H groups in total. The maximum absolute atomic E-state index is 12.9. The highest BCUT2D eigenvalue weighted by atomic mass is 16.2. The van der Waals surface area contributed by atoms with Crippen molar-refractivity contribution in [1.29, 1.82) is 0 Å². The van der Waals surface area contributed by atoms with E-state index in [1.165, 1.54) is 16.8 Å². The molecule has 4 rings (SSSR count). The monoisotopic (exact) mass is 406 g/mol. The molecule has 2 heterocycles. The summed E-state index contributed by atoms with van der Waals surface area (Å²) in [7, 11) is 0. The van der Waals surface area contributed by atoms with E-state index in [-0.39, 0.29) is 5.91 Å². The number of hydrogen-bond acceptors (Lipinski definition) is 4. The van der Waals surface area contributed by atoms with Gasteiger partial charge in [-0.3, -0.25) is 14.6 Å². The second-order valence-electron chi connectivity index (χ2n) is 8.60. The molecular weight excluding hydrogens is 372 g/mol. The van der Waals surface area contributed by atoms with Gasteiger partial charge in [-0.05, 0) is 49.7 Å². The lowest BCUT2D eigenvalue weighted by molar-refractivity contribution is -0.132. The summed E-state index contributed by atoms with van der Waals surface area (Å²) in [5, 5.41) is 0. The Bertz CT molecular complexity index is 817. The Morgan fingerprint density at radius 3 is 2.30 bits per heavy atom. The van der Waals surface area contributed by atoms with Crippen LogP contribution in [0.4, 0.5) is 5.69 Å². The molecule has 0 spiro atoms. The van der Waals surface area contributed by atoms with Crippen molar-refractivity contribution < 1.29 is 4.79 Å². The lowest BCUT2D eigenvalue weighted by Gasteiger charge is -2.37. The lowest BCUT2D eigenvalue weighted by Crippen LogP contribution is -2.51. The Hall–Kier alpha value is -2.37.